The predicted octanol–water partition coefficient (Wildman–Crippen LogP) is 1.61. The van der Waals surface area contributed by atoms with Gasteiger partial charge in [-0.05, 0) is 12.5 Å². The van der Waals surface area contributed by atoms with Gasteiger partial charge in [0, 0.05) is 18.2 Å². The van der Waals surface area contributed by atoms with Crippen LogP contribution in [0.3, 0.4) is 0 Å². The molecule has 1 fully saturated rings. The zero-order chi connectivity index (χ0) is 9.26. The summed E-state index contributed by atoms with van der Waals surface area (Å²) in [5, 5.41) is 0. The van der Waals surface area contributed by atoms with E-state index in [1.807, 2.05) is 0 Å². The molecule has 0 spiro atoms. The van der Waals surface area contributed by atoms with Gasteiger partial charge in [0.25, 0.3) is 0 Å². The maximum absolute atomic E-state index is 13.3. The number of nitrogens with two attached hydrogens (primary N) is 1. The van der Waals surface area contributed by atoms with Crippen molar-refractivity contribution in [3.8, 4) is 0 Å². The maximum Gasteiger partial charge on any atom is 0.129 e. The van der Waals surface area contributed by atoms with Gasteiger partial charge >= 0.3 is 0 Å². The molecule has 0 radical (unpaired) electrons. The quantitative estimate of drug-likeness (QED) is 0.714. The van der Waals surface area contributed by atoms with Crippen molar-refractivity contribution < 1.29 is 9.13 Å². The van der Waals surface area contributed by atoms with Crippen LogP contribution in [0.1, 0.15) is 18.1 Å². The summed E-state index contributed by atoms with van der Waals surface area (Å²) < 4.78 is 18.6. The average molecular weight is 181 g/mol. The van der Waals surface area contributed by atoms with Crippen LogP contribution in [-0.2, 0) is 4.74 Å². The molecular formula is C10H12FNO. The summed E-state index contributed by atoms with van der Waals surface area (Å²) in [7, 11) is 0. The molecule has 2 nitrogen and oxygen atoms in total. The van der Waals surface area contributed by atoms with Crippen molar-refractivity contribution in [1.29, 1.82) is 0 Å². The van der Waals surface area contributed by atoms with E-state index in [1.165, 1.54) is 6.07 Å². The summed E-state index contributed by atoms with van der Waals surface area (Å²) >= 11 is 0. The van der Waals surface area contributed by atoms with Crippen molar-refractivity contribution >= 4 is 0 Å². The summed E-state index contributed by atoms with van der Waals surface area (Å²) in [5.41, 5.74) is 6.36. The zero-order valence-corrected chi connectivity index (χ0v) is 7.24. The molecule has 2 atom stereocenters. The molecule has 1 aliphatic rings. The number of rotatable bonds is 1. The molecule has 0 amide bonds. The molecule has 0 saturated carbocycles. The van der Waals surface area contributed by atoms with Crippen LogP contribution in [0.15, 0.2) is 24.3 Å². The third kappa shape index (κ3) is 1.57. The molecule has 1 aliphatic heterocycles. The molecule has 2 unspecified atom stereocenters. The van der Waals surface area contributed by atoms with Crippen molar-refractivity contribution in [3.63, 3.8) is 0 Å². The highest BCUT2D eigenvalue weighted by atomic mass is 19.1. The first kappa shape index (κ1) is 8.66. The standard InChI is InChI=1S/C10H12FNO/c11-8-4-2-1-3-7(8)10-9(12)5-6-13-10/h1-4,9-10H,5-6,12H2. The van der Waals surface area contributed by atoms with Gasteiger partial charge in [-0.25, -0.2) is 4.39 Å². The fourth-order valence-electron chi connectivity index (χ4n) is 1.63. The Morgan fingerprint density at radius 1 is 1.38 bits per heavy atom. The van der Waals surface area contributed by atoms with Crippen molar-refractivity contribution in [3.05, 3.63) is 35.6 Å². The number of halogens is 1. The lowest BCUT2D eigenvalue weighted by atomic mass is 10.0. The van der Waals surface area contributed by atoms with Gasteiger partial charge in [0.15, 0.2) is 0 Å². The molecule has 2 N–H and O–H groups in total. The van der Waals surface area contributed by atoms with Gasteiger partial charge in [-0.15, -0.1) is 0 Å². The minimum absolute atomic E-state index is 0.0723. The lowest BCUT2D eigenvalue weighted by Crippen LogP contribution is -2.24. The summed E-state index contributed by atoms with van der Waals surface area (Å²) in [4.78, 5) is 0. The van der Waals surface area contributed by atoms with Gasteiger partial charge in [0.05, 0.1) is 0 Å². The SMILES string of the molecule is NC1CCOC1c1ccccc1F. The zero-order valence-electron chi connectivity index (χ0n) is 7.24. The van der Waals surface area contributed by atoms with E-state index in [0.29, 0.717) is 12.2 Å². The molecule has 3 heteroatoms. The van der Waals surface area contributed by atoms with Crippen LogP contribution in [0.4, 0.5) is 4.39 Å². The Labute approximate surface area is 76.5 Å². The molecule has 0 aromatic heterocycles. The smallest absolute Gasteiger partial charge is 0.129 e. The minimum Gasteiger partial charge on any atom is -0.372 e. The summed E-state index contributed by atoms with van der Waals surface area (Å²) in [5.74, 6) is -0.232. The summed E-state index contributed by atoms with van der Waals surface area (Å²) in [6, 6.07) is 6.55. The topological polar surface area (TPSA) is 35.2 Å². The third-order valence-electron chi connectivity index (χ3n) is 2.35. The first-order valence-corrected chi connectivity index (χ1v) is 4.40. The Morgan fingerprint density at radius 3 is 2.77 bits per heavy atom. The van der Waals surface area contributed by atoms with E-state index < -0.39 is 0 Å². The minimum atomic E-state index is -0.263. The Morgan fingerprint density at radius 2 is 2.15 bits per heavy atom. The average Bonchev–Trinajstić information content (AvgIpc) is 2.52. The fourth-order valence-corrected chi connectivity index (χ4v) is 1.63. The van der Waals surface area contributed by atoms with Crippen LogP contribution in [0.2, 0.25) is 0 Å². The van der Waals surface area contributed by atoms with Crippen LogP contribution in [-0.4, -0.2) is 12.6 Å². The van der Waals surface area contributed by atoms with Gasteiger partial charge in [-0.1, -0.05) is 18.2 Å². The molecule has 0 aliphatic carbocycles. The van der Waals surface area contributed by atoms with Crippen LogP contribution < -0.4 is 5.73 Å². The lowest BCUT2D eigenvalue weighted by molar-refractivity contribution is 0.102. The highest BCUT2D eigenvalue weighted by Crippen LogP contribution is 2.29. The predicted molar refractivity (Wildman–Crippen MR) is 47.7 cm³/mol. The number of hydrogen-bond acceptors (Lipinski definition) is 2. The Bertz CT molecular complexity index is 303. The van der Waals surface area contributed by atoms with Crippen LogP contribution in [0.25, 0.3) is 0 Å². The van der Waals surface area contributed by atoms with E-state index in [-0.39, 0.29) is 18.0 Å². The molecular weight excluding hydrogens is 169 g/mol. The van der Waals surface area contributed by atoms with E-state index in [2.05, 4.69) is 0 Å². The highest BCUT2D eigenvalue weighted by molar-refractivity contribution is 5.22. The highest BCUT2D eigenvalue weighted by Gasteiger charge is 2.28. The molecule has 0 bridgehead atoms. The largest absolute Gasteiger partial charge is 0.372 e. The monoisotopic (exact) mass is 181 g/mol. The van der Waals surface area contributed by atoms with Gasteiger partial charge in [0.1, 0.15) is 11.9 Å². The van der Waals surface area contributed by atoms with Crippen molar-refractivity contribution in [2.24, 2.45) is 5.73 Å². The third-order valence-corrected chi connectivity index (χ3v) is 2.35. The number of hydrogen-bond donors (Lipinski definition) is 1. The summed E-state index contributed by atoms with van der Waals surface area (Å²) in [6.07, 6.45) is 0.542. The second-order valence-electron chi connectivity index (χ2n) is 3.27. The van der Waals surface area contributed by atoms with Gasteiger partial charge < -0.3 is 10.5 Å². The molecule has 13 heavy (non-hydrogen) atoms. The molecule has 1 aromatic rings. The van der Waals surface area contributed by atoms with Crippen LogP contribution >= 0.6 is 0 Å². The van der Waals surface area contributed by atoms with Crippen molar-refractivity contribution in [1.82, 2.24) is 0 Å². The van der Waals surface area contributed by atoms with Gasteiger partial charge in [-0.2, -0.15) is 0 Å². The van der Waals surface area contributed by atoms with E-state index >= 15 is 0 Å². The molecule has 2 rings (SSSR count). The second kappa shape index (κ2) is 3.44. The van der Waals surface area contributed by atoms with Gasteiger partial charge in [0.2, 0.25) is 0 Å². The summed E-state index contributed by atoms with van der Waals surface area (Å²) in [6.45, 7) is 0.625. The van der Waals surface area contributed by atoms with Crippen LogP contribution in [0.5, 0.6) is 0 Å². The van der Waals surface area contributed by atoms with E-state index in [9.17, 15) is 4.39 Å². The molecule has 70 valence electrons. The molecule has 1 aromatic carbocycles. The number of benzene rings is 1. The Kier molecular flexibility index (Phi) is 2.29. The first-order chi connectivity index (χ1) is 6.29. The van der Waals surface area contributed by atoms with Crippen LogP contribution in [0, 0.1) is 5.82 Å². The normalized spacial score (nSPS) is 27.8. The number of ether oxygens (including phenoxy) is 1. The lowest BCUT2D eigenvalue weighted by Gasteiger charge is -2.15. The fraction of sp³-hybridized carbons (Fsp3) is 0.400. The second-order valence-corrected chi connectivity index (χ2v) is 3.27. The van der Waals surface area contributed by atoms with E-state index in [0.717, 1.165) is 6.42 Å². The maximum atomic E-state index is 13.3. The van der Waals surface area contributed by atoms with Crippen molar-refractivity contribution in [2.75, 3.05) is 6.61 Å². The Balaban J connectivity index is 2.29. The van der Waals surface area contributed by atoms with Gasteiger partial charge in [-0.3, -0.25) is 0 Å². The van der Waals surface area contributed by atoms with E-state index in [1.54, 1.807) is 18.2 Å². The molecule has 1 saturated heterocycles. The first-order valence-electron chi connectivity index (χ1n) is 4.40. The molecule has 1 heterocycles. The van der Waals surface area contributed by atoms with E-state index in [4.69, 9.17) is 10.5 Å². The Hall–Kier alpha value is -0.930. The van der Waals surface area contributed by atoms with Crippen molar-refractivity contribution in [2.45, 2.75) is 18.6 Å².